The van der Waals surface area contributed by atoms with Crippen molar-refractivity contribution >= 4 is 62.5 Å². The molecule has 1 aromatic heterocycles. The maximum absolute atomic E-state index is 7.00. The number of hydrogen-bond donors (Lipinski definition) is 0. The first kappa shape index (κ1) is 37.2. The fourth-order valence-electron chi connectivity index (χ4n) is 8.59. The third-order valence-electron chi connectivity index (χ3n) is 11.5. The second-order valence-electron chi connectivity index (χ2n) is 15.2. The second kappa shape index (κ2) is 16.3. The summed E-state index contributed by atoms with van der Waals surface area (Å²) in [6.45, 7) is 0.787. The van der Waals surface area contributed by atoms with Gasteiger partial charge in [0.1, 0.15) is 35.6 Å². The monoisotopic (exact) mass is 812 g/mol. The zero-order valence-corrected chi connectivity index (χ0v) is 33.4. The summed E-state index contributed by atoms with van der Waals surface area (Å²) in [4.78, 5) is 0. The van der Waals surface area contributed by atoms with Gasteiger partial charge in [0.05, 0.1) is 19.8 Å². The van der Waals surface area contributed by atoms with E-state index in [0.29, 0.717) is 17.8 Å². The molecule has 298 valence electrons. The molecule has 8 nitrogen and oxygen atoms in total. The summed E-state index contributed by atoms with van der Waals surface area (Å²) in [6.07, 6.45) is -3.90. The minimum absolute atomic E-state index is 0.178. The predicted octanol–water partition coefficient (Wildman–Crippen LogP) is 12.4. The molecule has 6 atom stereocenters. The lowest BCUT2D eigenvalue weighted by atomic mass is 9.99. The maximum atomic E-state index is 7.00. The summed E-state index contributed by atoms with van der Waals surface area (Å²) >= 11 is 0. The van der Waals surface area contributed by atoms with Crippen LogP contribution in [0.15, 0.2) is 184 Å². The Bertz CT molecular complexity index is 2890. The van der Waals surface area contributed by atoms with Gasteiger partial charge in [-0.1, -0.05) is 164 Å². The molecule has 0 spiro atoms. The Morgan fingerprint density at radius 2 is 0.917 bits per heavy atom. The van der Waals surface area contributed by atoms with Crippen molar-refractivity contribution in [2.24, 2.45) is 0 Å². The van der Waals surface area contributed by atoms with Crippen molar-refractivity contribution < 1.29 is 36.6 Å². The summed E-state index contributed by atoms with van der Waals surface area (Å²) < 4.78 is 54.3. The molecular formula is C51H41O8P. The van der Waals surface area contributed by atoms with Crippen molar-refractivity contribution in [1.82, 2.24) is 0 Å². The molecule has 3 heterocycles. The SMILES string of the molecule is c1ccc(C2OC[C@@H](OCc3cccc4ccccc34)[C@H]([C@@H]3OC(c4ccccc4)OC[C@H]3Op3oc4ccc5ccccc5c4c4c(ccc5ccccc54)o3)O2)cc1. The van der Waals surface area contributed by atoms with Gasteiger partial charge in [-0.15, -0.1) is 0 Å². The van der Waals surface area contributed by atoms with Crippen molar-refractivity contribution in [3.63, 3.8) is 0 Å². The molecule has 60 heavy (non-hydrogen) atoms. The van der Waals surface area contributed by atoms with Crippen LogP contribution in [-0.4, -0.2) is 37.6 Å². The molecule has 0 N–H and O–H groups in total. The van der Waals surface area contributed by atoms with Gasteiger partial charge in [-0.2, -0.15) is 0 Å². The van der Waals surface area contributed by atoms with Crippen LogP contribution in [0.1, 0.15) is 29.3 Å². The average Bonchev–Trinajstić information content (AvgIpc) is 3.48. The van der Waals surface area contributed by atoms with Crippen LogP contribution in [0.3, 0.4) is 0 Å². The van der Waals surface area contributed by atoms with Gasteiger partial charge in [-0.25, -0.2) is 0 Å². The van der Waals surface area contributed by atoms with E-state index in [2.05, 4.69) is 97.1 Å². The first-order valence-electron chi connectivity index (χ1n) is 20.3. The lowest BCUT2D eigenvalue weighted by molar-refractivity contribution is -0.332. The van der Waals surface area contributed by atoms with Crippen LogP contribution < -0.4 is 4.52 Å². The zero-order valence-electron chi connectivity index (χ0n) is 32.5. The fourth-order valence-corrected chi connectivity index (χ4v) is 9.74. The number of ether oxygens (including phenoxy) is 5. The molecular weight excluding hydrogens is 772 g/mol. The van der Waals surface area contributed by atoms with Crippen molar-refractivity contribution in [3.8, 4) is 0 Å². The van der Waals surface area contributed by atoms with Gasteiger partial charge in [-0.05, 0) is 50.0 Å². The van der Waals surface area contributed by atoms with Gasteiger partial charge >= 0.3 is 8.24 Å². The highest BCUT2D eigenvalue weighted by Crippen LogP contribution is 2.43. The van der Waals surface area contributed by atoms with E-state index in [9.17, 15) is 0 Å². The van der Waals surface area contributed by atoms with E-state index < -0.39 is 45.2 Å². The van der Waals surface area contributed by atoms with Gasteiger partial charge < -0.3 is 32.1 Å². The van der Waals surface area contributed by atoms with Crippen molar-refractivity contribution in [2.75, 3.05) is 13.2 Å². The molecule has 0 saturated carbocycles. The minimum Gasteiger partial charge on any atom is -0.399 e. The van der Waals surface area contributed by atoms with E-state index >= 15 is 0 Å². The topological polar surface area (TPSA) is 81.7 Å². The van der Waals surface area contributed by atoms with Gasteiger partial charge in [0.25, 0.3) is 0 Å². The highest BCUT2D eigenvalue weighted by Gasteiger charge is 2.47. The number of fused-ring (bicyclic) bond motifs is 8. The molecule has 0 amide bonds. The number of benzene rings is 8. The maximum Gasteiger partial charge on any atom is 0.387 e. The first-order valence-corrected chi connectivity index (χ1v) is 21.4. The Hall–Kier alpha value is -5.80. The van der Waals surface area contributed by atoms with Crippen molar-refractivity contribution in [2.45, 2.75) is 43.6 Å². The third-order valence-corrected chi connectivity index (χ3v) is 12.7. The molecule has 2 aliphatic heterocycles. The highest BCUT2D eigenvalue weighted by molar-refractivity contribution is 7.31. The fraction of sp³-hybridized carbons (Fsp3) is 0.176. The first-order chi connectivity index (χ1) is 29.7. The van der Waals surface area contributed by atoms with Crippen LogP contribution in [0.2, 0.25) is 0 Å². The summed E-state index contributed by atoms with van der Waals surface area (Å²) in [5.74, 6) is 0. The third kappa shape index (κ3) is 7.16. The summed E-state index contributed by atoms with van der Waals surface area (Å²) in [5.41, 5.74) is 4.20. The summed E-state index contributed by atoms with van der Waals surface area (Å²) in [5, 5.41) is 8.55. The van der Waals surface area contributed by atoms with Crippen LogP contribution >= 0.6 is 8.24 Å². The van der Waals surface area contributed by atoms with Crippen LogP contribution in [0, 0.1) is 0 Å². The molecule has 2 unspecified atom stereocenters. The molecule has 2 aliphatic rings. The standard InChI is InChI=1S/C51H41O8P/c1-3-17-36(18-4-1)50-53-31-44(52-30-38-22-13-21-33-14-7-10-23-39(33)38)48(55-50)49-45(32-54-51(56-49)37-19-5-2-6-20-37)59-60-57-42-28-26-34-15-8-11-24-40(34)46(42)47-41-25-12-9-16-35(41)27-29-43(47)58-60/h1-29,44-45,48-51H,30-32H2/t44-,45-,48-,49-,50?,51?/m1/s1. The van der Waals surface area contributed by atoms with Crippen LogP contribution in [0.25, 0.3) is 54.3 Å². The Balaban J connectivity index is 1.02. The number of hydrogen-bond acceptors (Lipinski definition) is 8. The second-order valence-corrected chi connectivity index (χ2v) is 16.2. The van der Waals surface area contributed by atoms with Gasteiger partial charge in [-0.3, -0.25) is 4.52 Å². The van der Waals surface area contributed by atoms with Crippen LogP contribution in [-0.2, 0) is 30.3 Å². The minimum atomic E-state index is -2.04. The van der Waals surface area contributed by atoms with E-state index in [0.717, 1.165) is 59.8 Å². The Kier molecular flexibility index (Phi) is 10.1. The van der Waals surface area contributed by atoms with Gasteiger partial charge in [0.2, 0.25) is 0 Å². The highest BCUT2D eigenvalue weighted by atomic mass is 31.1. The van der Waals surface area contributed by atoms with E-state index in [4.69, 9.17) is 36.6 Å². The van der Waals surface area contributed by atoms with E-state index in [1.807, 2.05) is 78.9 Å². The summed E-state index contributed by atoms with van der Waals surface area (Å²) in [6, 6.07) is 59.4. The normalized spacial score (nSPS) is 22.1. The molecule has 8 aromatic carbocycles. The molecule has 0 bridgehead atoms. The number of rotatable bonds is 8. The van der Waals surface area contributed by atoms with E-state index in [1.165, 1.54) is 0 Å². The van der Waals surface area contributed by atoms with Crippen LogP contribution in [0.4, 0.5) is 0 Å². The molecule has 2 saturated heterocycles. The molecule has 9 heteroatoms. The Morgan fingerprint density at radius 3 is 1.50 bits per heavy atom. The van der Waals surface area contributed by atoms with Gasteiger partial charge in [0.15, 0.2) is 12.6 Å². The van der Waals surface area contributed by atoms with Crippen molar-refractivity contribution in [3.05, 3.63) is 193 Å². The quantitative estimate of drug-likeness (QED) is 0.150. The lowest BCUT2D eigenvalue weighted by Crippen LogP contribution is -2.58. The summed E-state index contributed by atoms with van der Waals surface area (Å²) in [7, 11) is -2.04. The lowest BCUT2D eigenvalue weighted by Gasteiger charge is -2.45. The zero-order chi connectivity index (χ0) is 39.8. The molecule has 0 radical (unpaired) electrons. The smallest absolute Gasteiger partial charge is 0.387 e. The average molecular weight is 813 g/mol. The van der Waals surface area contributed by atoms with Gasteiger partial charge in [0, 0.05) is 21.9 Å². The van der Waals surface area contributed by atoms with E-state index in [-0.39, 0.29) is 13.2 Å². The molecule has 0 aliphatic carbocycles. The molecule has 11 rings (SSSR count). The van der Waals surface area contributed by atoms with E-state index in [1.54, 1.807) is 0 Å². The van der Waals surface area contributed by atoms with Crippen LogP contribution in [0.5, 0.6) is 0 Å². The van der Waals surface area contributed by atoms with Crippen molar-refractivity contribution in [1.29, 1.82) is 0 Å². The Labute approximate surface area is 347 Å². The Morgan fingerprint density at radius 1 is 0.450 bits per heavy atom. The molecule has 2 fully saturated rings. The predicted molar refractivity (Wildman–Crippen MR) is 234 cm³/mol. The largest absolute Gasteiger partial charge is 0.399 e. The molecule has 9 aromatic rings.